The van der Waals surface area contributed by atoms with Gasteiger partial charge in [0.2, 0.25) is 0 Å². The zero-order valence-electron chi connectivity index (χ0n) is 10.5. The molecule has 0 radical (unpaired) electrons. The second-order valence-electron chi connectivity index (χ2n) is 4.15. The van der Waals surface area contributed by atoms with Crippen molar-refractivity contribution in [3.05, 3.63) is 56.5 Å². The van der Waals surface area contributed by atoms with E-state index in [0.717, 1.165) is 0 Å². The Labute approximate surface area is 140 Å². The first-order valence-electron chi connectivity index (χ1n) is 5.70. The van der Waals surface area contributed by atoms with Crippen molar-refractivity contribution < 1.29 is 13.5 Å². The summed E-state index contributed by atoms with van der Waals surface area (Å²) < 4.78 is 27.5. The molecule has 0 bridgehead atoms. The Morgan fingerprint density at radius 3 is 2.43 bits per heavy atom. The van der Waals surface area contributed by atoms with Crippen LogP contribution in [0.1, 0.15) is 5.56 Å². The minimum atomic E-state index is -3.81. The van der Waals surface area contributed by atoms with Gasteiger partial charge in [0.15, 0.2) is 0 Å². The van der Waals surface area contributed by atoms with Crippen LogP contribution in [0.5, 0.6) is 0 Å². The molecule has 8 heteroatoms. The smallest absolute Gasteiger partial charge is 0.263 e. The molecule has 0 saturated heterocycles. The van der Waals surface area contributed by atoms with E-state index in [1.54, 1.807) is 0 Å². The topological polar surface area (TPSA) is 66.4 Å². The standard InChI is InChI=1S/C13H10BrCl2NO3S/c14-10-5-8(7-18)1-4-13(10)21(19,20)17-12-3-2-9(15)6-11(12)16/h1-6,17-18H,7H2. The Hall–Kier alpha value is -0.790. The van der Waals surface area contributed by atoms with Crippen LogP contribution in [0, 0.1) is 0 Å². The van der Waals surface area contributed by atoms with Gasteiger partial charge in [0.05, 0.1) is 17.3 Å². The highest BCUT2D eigenvalue weighted by Crippen LogP contribution is 2.30. The third kappa shape index (κ3) is 3.90. The van der Waals surface area contributed by atoms with E-state index in [2.05, 4.69) is 20.7 Å². The summed E-state index contributed by atoms with van der Waals surface area (Å²) in [5.74, 6) is 0. The monoisotopic (exact) mass is 409 g/mol. The van der Waals surface area contributed by atoms with E-state index in [1.165, 1.54) is 36.4 Å². The highest BCUT2D eigenvalue weighted by Gasteiger charge is 2.19. The van der Waals surface area contributed by atoms with Gasteiger partial charge in [0.25, 0.3) is 10.0 Å². The van der Waals surface area contributed by atoms with Crippen molar-refractivity contribution in [3.63, 3.8) is 0 Å². The summed E-state index contributed by atoms with van der Waals surface area (Å²) in [4.78, 5) is 0.0470. The van der Waals surface area contributed by atoms with Crippen LogP contribution in [0.4, 0.5) is 5.69 Å². The number of anilines is 1. The highest BCUT2D eigenvalue weighted by molar-refractivity contribution is 9.10. The summed E-state index contributed by atoms with van der Waals surface area (Å²) in [6.07, 6.45) is 0. The van der Waals surface area contributed by atoms with Crippen molar-refractivity contribution in [1.29, 1.82) is 0 Å². The predicted octanol–water partition coefficient (Wildman–Crippen LogP) is 4.05. The van der Waals surface area contributed by atoms with Crippen molar-refractivity contribution in [2.45, 2.75) is 11.5 Å². The Morgan fingerprint density at radius 1 is 1.14 bits per heavy atom. The summed E-state index contributed by atoms with van der Waals surface area (Å²) in [6.45, 7) is -0.171. The maximum absolute atomic E-state index is 12.4. The molecule has 4 nitrogen and oxygen atoms in total. The number of sulfonamides is 1. The lowest BCUT2D eigenvalue weighted by atomic mass is 10.2. The van der Waals surface area contributed by atoms with Gasteiger partial charge in [-0.2, -0.15) is 0 Å². The molecular weight excluding hydrogens is 401 g/mol. The fraction of sp³-hybridized carbons (Fsp3) is 0.0769. The first-order valence-corrected chi connectivity index (χ1v) is 8.74. The lowest BCUT2D eigenvalue weighted by molar-refractivity contribution is 0.281. The van der Waals surface area contributed by atoms with Gasteiger partial charge in [-0.15, -0.1) is 0 Å². The maximum atomic E-state index is 12.4. The largest absolute Gasteiger partial charge is 0.392 e. The van der Waals surface area contributed by atoms with Crippen LogP contribution in [-0.4, -0.2) is 13.5 Å². The molecule has 0 aromatic heterocycles. The van der Waals surface area contributed by atoms with Crippen LogP contribution >= 0.6 is 39.1 Å². The number of halogens is 3. The van der Waals surface area contributed by atoms with Crippen LogP contribution in [-0.2, 0) is 16.6 Å². The molecule has 0 aliphatic carbocycles. The fourth-order valence-corrected chi connectivity index (χ4v) is 4.35. The molecule has 2 N–H and O–H groups in total. The van der Waals surface area contributed by atoms with E-state index in [0.29, 0.717) is 15.1 Å². The van der Waals surface area contributed by atoms with Crippen molar-refractivity contribution in [2.75, 3.05) is 4.72 Å². The number of aliphatic hydroxyl groups excluding tert-OH is 1. The van der Waals surface area contributed by atoms with Gasteiger partial charge in [-0.1, -0.05) is 29.3 Å². The van der Waals surface area contributed by atoms with Crippen molar-refractivity contribution >= 4 is 54.8 Å². The zero-order valence-corrected chi connectivity index (χ0v) is 14.4. The van der Waals surface area contributed by atoms with Crippen LogP contribution in [0.2, 0.25) is 10.0 Å². The first kappa shape index (κ1) is 16.6. The van der Waals surface area contributed by atoms with Crippen LogP contribution in [0.15, 0.2) is 45.8 Å². The van der Waals surface area contributed by atoms with Crippen LogP contribution in [0.25, 0.3) is 0 Å². The number of hydrogen-bond acceptors (Lipinski definition) is 3. The minimum Gasteiger partial charge on any atom is -0.392 e. The first-order chi connectivity index (χ1) is 9.83. The van der Waals surface area contributed by atoms with E-state index in [4.69, 9.17) is 28.3 Å². The average molecular weight is 411 g/mol. The van der Waals surface area contributed by atoms with Crippen molar-refractivity contribution in [3.8, 4) is 0 Å². The molecule has 0 aliphatic rings. The molecule has 0 amide bonds. The second-order valence-corrected chi connectivity index (χ2v) is 7.50. The molecule has 0 fully saturated rings. The second kappa shape index (κ2) is 6.54. The molecule has 2 aromatic carbocycles. The van der Waals surface area contributed by atoms with Gasteiger partial charge in [0, 0.05) is 9.50 Å². The summed E-state index contributed by atoms with van der Waals surface area (Å²) in [6, 6.07) is 8.95. The number of nitrogens with one attached hydrogen (secondary N) is 1. The minimum absolute atomic E-state index is 0.0470. The van der Waals surface area contributed by atoms with E-state index in [-0.39, 0.29) is 22.2 Å². The van der Waals surface area contributed by atoms with Gasteiger partial charge < -0.3 is 5.11 Å². The zero-order chi connectivity index (χ0) is 15.6. The third-order valence-electron chi connectivity index (χ3n) is 2.64. The van der Waals surface area contributed by atoms with Gasteiger partial charge >= 0.3 is 0 Å². The van der Waals surface area contributed by atoms with Crippen molar-refractivity contribution in [1.82, 2.24) is 0 Å². The SMILES string of the molecule is O=S(=O)(Nc1ccc(Cl)cc1Cl)c1ccc(CO)cc1Br. The third-order valence-corrected chi connectivity index (χ3v) is 5.53. The molecule has 0 saturated carbocycles. The number of rotatable bonds is 4. The average Bonchev–Trinajstić information content (AvgIpc) is 2.41. The van der Waals surface area contributed by atoms with E-state index in [9.17, 15) is 8.42 Å². The maximum Gasteiger partial charge on any atom is 0.263 e. The Kier molecular flexibility index (Phi) is 5.16. The molecular formula is C13H10BrCl2NO3S. The lowest BCUT2D eigenvalue weighted by Crippen LogP contribution is -2.14. The lowest BCUT2D eigenvalue weighted by Gasteiger charge is -2.11. The molecule has 0 heterocycles. The van der Waals surface area contributed by atoms with E-state index in [1.807, 2.05) is 0 Å². The Bertz CT molecular complexity index is 781. The summed E-state index contributed by atoms with van der Waals surface area (Å²) in [7, 11) is -3.81. The summed E-state index contributed by atoms with van der Waals surface area (Å²) in [5, 5.41) is 9.65. The quantitative estimate of drug-likeness (QED) is 0.798. The molecule has 21 heavy (non-hydrogen) atoms. The van der Waals surface area contributed by atoms with Gasteiger partial charge in [-0.3, -0.25) is 4.72 Å². The molecule has 112 valence electrons. The van der Waals surface area contributed by atoms with Crippen LogP contribution < -0.4 is 4.72 Å². The normalized spacial score (nSPS) is 11.4. The van der Waals surface area contributed by atoms with E-state index >= 15 is 0 Å². The Morgan fingerprint density at radius 2 is 1.86 bits per heavy atom. The summed E-state index contributed by atoms with van der Waals surface area (Å²) >= 11 is 14.9. The molecule has 2 rings (SSSR count). The molecule has 0 atom stereocenters. The van der Waals surface area contributed by atoms with E-state index < -0.39 is 10.0 Å². The number of benzene rings is 2. The fourth-order valence-electron chi connectivity index (χ4n) is 1.63. The number of hydrogen-bond donors (Lipinski definition) is 2. The Balaban J connectivity index is 2.38. The van der Waals surface area contributed by atoms with Crippen LogP contribution in [0.3, 0.4) is 0 Å². The van der Waals surface area contributed by atoms with Gasteiger partial charge in [-0.05, 0) is 51.8 Å². The molecule has 0 aliphatic heterocycles. The van der Waals surface area contributed by atoms with Crippen molar-refractivity contribution in [2.24, 2.45) is 0 Å². The molecule has 0 spiro atoms. The predicted molar refractivity (Wildman–Crippen MR) is 87.3 cm³/mol. The molecule has 0 unspecified atom stereocenters. The number of aliphatic hydroxyl groups is 1. The molecule has 2 aromatic rings. The summed E-state index contributed by atoms with van der Waals surface area (Å²) in [5.41, 5.74) is 0.838. The van der Waals surface area contributed by atoms with Gasteiger partial charge in [-0.25, -0.2) is 8.42 Å². The highest BCUT2D eigenvalue weighted by atomic mass is 79.9. The van der Waals surface area contributed by atoms with Gasteiger partial charge in [0.1, 0.15) is 4.90 Å².